The Hall–Kier alpha value is -2.24. The molecule has 2 rings (SSSR count). The van der Waals surface area contributed by atoms with Gasteiger partial charge in [-0.2, -0.15) is 0 Å². The average molecular weight is 305 g/mol. The van der Waals surface area contributed by atoms with Gasteiger partial charge in [-0.05, 0) is 31.2 Å². The van der Waals surface area contributed by atoms with Crippen LogP contribution in [0.1, 0.15) is 17.3 Å². The fourth-order valence-electron chi connectivity index (χ4n) is 2.39. The Morgan fingerprint density at radius 1 is 1.05 bits per heavy atom. The second-order valence-corrected chi connectivity index (χ2v) is 5.42. The van der Waals surface area contributed by atoms with Crippen LogP contribution < -0.4 is 4.90 Å². The predicted molar refractivity (Wildman–Crippen MR) is 85.3 cm³/mol. The fraction of sp³-hybridized carbons (Fsp3) is 0.500. The van der Waals surface area contributed by atoms with Crippen LogP contribution in [0.15, 0.2) is 24.3 Å². The summed E-state index contributed by atoms with van der Waals surface area (Å²) in [6.07, 6.45) is -0.301. The van der Waals surface area contributed by atoms with Crippen LogP contribution in [0.25, 0.3) is 0 Å². The van der Waals surface area contributed by atoms with Crippen LogP contribution in [0, 0.1) is 0 Å². The van der Waals surface area contributed by atoms with Gasteiger partial charge in [-0.25, -0.2) is 4.79 Å². The quantitative estimate of drug-likeness (QED) is 0.852. The average Bonchev–Trinajstić information content (AvgIpc) is 2.54. The van der Waals surface area contributed by atoms with Crippen molar-refractivity contribution in [2.24, 2.45) is 0 Å². The summed E-state index contributed by atoms with van der Waals surface area (Å²) >= 11 is 0. The number of hydrogen-bond acceptors (Lipinski definition) is 4. The highest BCUT2D eigenvalue weighted by Crippen LogP contribution is 2.15. The van der Waals surface area contributed by atoms with Gasteiger partial charge in [-0.15, -0.1) is 0 Å². The van der Waals surface area contributed by atoms with Gasteiger partial charge in [0.05, 0.1) is 6.61 Å². The van der Waals surface area contributed by atoms with Gasteiger partial charge in [0.1, 0.15) is 0 Å². The first kappa shape index (κ1) is 16.1. The van der Waals surface area contributed by atoms with Crippen molar-refractivity contribution in [2.75, 3.05) is 51.8 Å². The summed E-state index contributed by atoms with van der Waals surface area (Å²) in [5.41, 5.74) is 1.74. The van der Waals surface area contributed by atoms with E-state index < -0.39 is 0 Å². The van der Waals surface area contributed by atoms with E-state index in [2.05, 4.69) is 0 Å². The SMILES string of the molecule is CCOC(=O)N1CCN(C(=O)c2ccc(N(C)C)cc2)CC1. The molecule has 0 unspecified atom stereocenters. The number of hydrogen-bond donors (Lipinski definition) is 0. The molecule has 0 bridgehead atoms. The molecule has 1 aliphatic rings. The van der Waals surface area contributed by atoms with E-state index in [0.29, 0.717) is 38.3 Å². The van der Waals surface area contributed by atoms with Crippen molar-refractivity contribution in [1.82, 2.24) is 9.80 Å². The summed E-state index contributed by atoms with van der Waals surface area (Å²) in [6, 6.07) is 7.55. The molecule has 1 aromatic rings. The van der Waals surface area contributed by atoms with E-state index in [1.165, 1.54) is 0 Å². The number of piperazine rings is 1. The second-order valence-electron chi connectivity index (χ2n) is 5.42. The van der Waals surface area contributed by atoms with Gasteiger partial charge in [-0.3, -0.25) is 4.79 Å². The lowest BCUT2D eigenvalue weighted by Gasteiger charge is -2.34. The largest absolute Gasteiger partial charge is 0.450 e. The summed E-state index contributed by atoms with van der Waals surface area (Å²) in [7, 11) is 3.93. The van der Waals surface area contributed by atoms with Gasteiger partial charge in [-0.1, -0.05) is 0 Å². The molecule has 1 heterocycles. The summed E-state index contributed by atoms with van der Waals surface area (Å²) in [6.45, 7) is 4.26. The number of amides is 2. The van der Waals surface area contributed by atoms with Crippen molar-refractivity contribution >= 4 is 17.7 Å². The lowest BCUT2D eigenvalue weighted by molar-refractivity contribution is 0.0570. The third kappa shape index (κ3) is 3.69. The maximum Gasteiger partial charge on any atom is 0.409 e. The molecule has 0 radical (unpaired) electrons. The topological polar surface area (TPSA) is 53.1 Å². The van der Waals surface area contributed by atoms with Crippen LogP contribution in [0.5, 0.6) is 0 Å². The number of anilines is 1. The van der Waals surface area contributed by atoms with Gasteiger partial charge < -0.3 is 19.4 Å². The molecule has 6 heteroatoms. The van der Waals surface area contributed by atoms with Gasteiger partial charge in [0.25, 0.3) is 5.91 Å². The summed E-state index contributed by atoms with van der Waals surface area (Å²) < 4.78 is 4.98. The summed E-state index contributed by atoms with van der Waals surface area (Å²) in [5.74, 6) is 0.00816. The van der Waals surface area contributed by atoms with E-state index >= 15 is 0 Å². The van der Waals surface area contributed by atoms with Crippen LogP contribution in [-0.2, 0) is 4.74 Å². The smallest absolute Gasteiger partial charge is 0.409 e. The standard InChI is InChI=1S/C16H23N3O3/c1-4-22-16(21)19-11-9-18(10-12-19)15(20)13-5-7-14(8-6-13)17(2)3/h5-8H,4,9-12H2,1-3H3. The van der Waals surface area contributed by atoms with Crippen LogP contribution in [0.4, 0.5) is 10.5 Å². The molecule has 0 aromatic heterocycles. The summed E-state index contributed by atoms with van der Waals surface area (Å²) in [4.78, 5) is 29.5. The molecular weight excluding hydrogens is 282 g/mol. The van der Waals surface area contributed by atoms with E-state index in [-0.39, 0.29) is 12.0 Å². The highest BCUT2D eigenvalue weighted by Gasteiger charge is 2.25. The highest BCUT2D eigenvalue weighted by molar-refractivity contribution is 5.94. The van der Waals surface area contributed by atoms with Gasteiger partial charge in [0, 0.05) is 51.5 Å². The Labute approximate surface area is 131 Å². The molecule has 22 heavy (non-hydrogen) atoms. The number of nitrogens with zero attached hydrogens (tertiary/aromatic N) is 3. The minimum Gasteiger partial charge on any atom is -0.450 e. The number of ether oxygens (including phenoxy) is 1. The van der Waals surface area contributed by atoms with Gasteiger partial charge in [0.2, 0.25) is 0 Å². The van der Waals surface area contributed by atoms with E-state index in [9.17, 15) is 9.59 Å². The minimum absolute atomic E-state index is 0.00816. The first-order chi connectivity index (χ1) is 10.5. The van der Waals surface area contributed by atoms with Crippen molar-refractivity contribution in [3.05, 3.63) is 29.8 Å². The molecule has 1 aromatic carbocycles. The maximum atomic E-state index is 12.5. The molecule has 0 aliphatic carbocycles. The molecule has 2 amide bonds. The number of benzene rings is 1. The predicted octanol–water partition coefficient (Wildman–Crippen LogP) is 1.67. The Kier molecular flexibility index (Phi) is 5.25. The Morgan fingerprint density at radius 3 is 2.09 bits per heavy atom. The molecule has 120 valence electrons. The van der Waals surface area contributed by atoms with Gasteiger partial charge >= 0.3 is 6.09 Å². The molecule has 0 atom stereocenters. The first-order valence-electron chi connectivity index (χ1n) is 7.51. The molecule has 0 spiro atoms. The highest BCUT2D eigenvalue weighted by atomic mass is 16.6. The van der Waals surface area contributed by atoms with Crippen molar-refractivity contribution < 1.29 is 14.3 Å². The van der Waals surface area contributed by atoms with Crippen molar-refractivity contribution in [2.45, 2.75) is 6.92 Å². The lowest BCUT2D eigenvalue weighted by atomic mass is 10.1. The zero-order chi connectivity index (χ0) is 16.1. The molecule has 1 fully saturated rings. The van der Waals surface area contributed by atoms with Gasteiger partial charge in [0.15, 0.2) is 0 Å². The van der Waals surface area contributed by atoms with E-state index in [1.807, 2.05) is 43.3 Å². The minimum atomic E-state index is -0.301. The number of carbonyl (C=O) groups excluding carboxylic acids is 2. The number of carbonyl (C=O) groups is 2. The normalized spacial score (nSPS) is 14.7. The Bertz CT molecular complexity index is 520. The van der Waals surface area contributed by atoms with Crippen LogP contribution in [0.3, 0.4) is 0 Å². The second kappa shape index (κ2) is 7.15. The fourth-order valence-corrected chi connectivity index (χ4v) is 2.39. The van der Waals surface area contributed by atoms with Crippen LogP contribution >= 0.6 is 0 Å². The molecule has 0 N–H and O–H groups in total. The van der Waals surface area contributed by atoms with Crippen LogP contribution in [0.2, 0.25) is 0 Å². The van der Waals surface area contributed by atoms with Crippen molar-refractivity contribution in [3.63, 3.8) is 0 Å². The van der Waals surface area contributed by atoms with Crippen molar-refractivity contribution in [3.8, 4) is 0 Å². The third-order valence-electron chi connectivity index (χ3n) is 3.72. The monoisotopic (exact) mass is 305 g/mol. The third-order valence-corrected chi connectivity index (χ3v) is 3.72. The molecule has 1 aliphatic heterocycles. The zero-order valence-corrected chi connectivity index (χ0v) is 13.4. The van der Waals surface area contributed by atoms with E-state index in [0.717, 1.165) is 5.69 Å². The number of rotatable bonds is 3. The summed E-state index contributed by atoms with van der Waals surface area (Å²) in [5, 5.41) is 0. The molecular formula is C16H23N3O3. The van der Waals surface area contributed by atoms with E-state index in [1.54, 1.807) is 16.7 Å². The van der Waals surface area contributed by atoms with Crippen LogP contribution in [-0.4, -0.2) is 68.7 Å². The molecule has 1 saturated heterocycles. The lowest BCUT2D eigenvalue weighted by Crippen LogP contribution is -2.50. The Morgan fingerprint density at radius 2 is 1.59 bits per heavy atom. The van der Waals surface area contributed by atoms with Crippen molar-refractivity contribution in [1.29, 1.82) is 0 Å². The maximum absolute atomic E-state index is 12.5. The van der Waals surface area contributed by atoms with E-state index in [4.69, 9.17) is 4.74 Å². The first-order valence-corrected chi connectivity index (χ1v) is 7.51. The molecule has 0 saturated carbocycles. The Balaban J connectivity index is 1.93. The molecule has 6 nitrogen and oxygen atoms in total. The zero-order valence-electron chi connectivity index (χ0n) is 13.4.